The molecule has 0 aromatic heterocycles. The standard InChI is InChI=1S/C21H34O4/c1-3-4-9-15-21(2,25)16-14-17-12-13-19(22)18(17)10-7-5-6-8-11-20(23)24/h4,9,14,16-18,25H,3,5-8,10-13,15H2,1-2H3,(H,23,24)/b9-4-,16-14-/t17-,18-,21?/m1/s1. The Kier molecular flexibility index (Phi) is 9.73. The van der Waals surface area contributed by atoms with Crippen molar-refractivity contribution in [2.75, 3.05) is 0 Å². The molecule has 3 atom stereocenters. The van der Waals surface area contributed by atoms with E-state index in [0.29, 0.717) is 25.0 Å². The molecule has 1 unspecified atom stereocenters. The van der Waals surface area contributed by atoms with Gasteiger partial charge in [0.25, 0.3) is 0 Å². The van der Waals surface area contributed by atoms with E-state index in [1.165, 1.54) is 0 Å². The summed E-state index contributed by atoms with van der Waals surface area (Å²) in [4.78, 5) is 22.6. The molecule has 4 nitrogen and oxygen atoms in total. The van der Waals surface area contributed by atoms with Gasteiger partial charge in [0.2, 0.25) is 0 Å². The Morgan fingerprint density at radius 1 is 1.24 bits per heavy atom. The van der Waals surface area contributed by atoms with Gasteiger partial charge >= 0.3 is 5.97 Å². The Morgan fingerprint density at radius 2 is 1.96 bits per heavy atom. The van der Waals surface area contributed by atoms with E-state index in [2.05, 4.69) is 13.0 Å². The quantitative estimate of drug-likeness (QED) is 0.396. The molecule has 0 aromatic rings. The molecule has 1 fully saturated rings. The van der Waals surface area contributed by atoms with Crippen LogP contribution in [0.1, 0.15) is 78.1 Å². The Hall–Kier alpha value is -1.42. The third-order valence-corrected chi connectivity index (χ3v) is 4.95. The lowest BCUT2D eigenvalue weighted by Gasteiger charge is -2.20. The van der Waals surface area contributed by atoms with Crippen molar-refractivity contribution in [1.29, 1.82) is 0 Å². The summed E-state index contributed by atoms with van der Waals surface area (Å²) in [6.07, 6.45) is 15.7. The van der Waals surface area contributed by atoms with Crippen molar-refractivity contribution >= 4 is 11.8 Å². The zero-order valence-corrected chi connectivity index (χ0v) is 15.7. The van der Waals surface area contributed by atoms with Crippen molar-refractivity contribution in [3.8, 4) is 0 Å². The van der Waals surface area contributed by atoms with Crippen molar-refractivity contribution in [3.63, 3.8) is 0 Å². The van der Waals surface area contributed by atoms with Crippen LogP contribution in [0.3, 0.4) is 0 Å². The second-order valence-corrected chi connectivity index (χ2v) is 7.42. The molecule has 1 aliphatic carbocycles. The number of hydrogen-bond acceptors (Lipinski definition) is 3. The molecule has 2 N–H and O–H groups in total. The van der Waals surface area contributed by atoms with E-state index in [-0.39, 0.29) is 18.3 Å². The maximum Gasteiger partial charge on any atom is 0.303 e. The average Bonchev–Trinajstić information content (AvgIpc) is 2.89. The monoisotopic (exact) mass is 350 g/mol. The molecule has 1 aliphatic rings. The lowest BCUT2D eigenvalue weighted by Crippen LogP contribution is -2.21. The number of allylic oxidation sites excluding steroid dienone is 2. The van der Waals surface area contributed by atoms with Gasteiger partial charge in [0, 0.05) is 18.8 Å². The van der Waals surface area contributed by atoms with Gasteiger partial charge in [0.1, 0.15) is 5.78 Å². The van der Waals surface area contributed by atoms with Crippen LogP contribution in [-0.2, 0) is 9.59 Å². The molecule has 0 aromatic carbocycles. The summed E-state index contributed by atoms with van der Waals surface area (Å²) in [7, 11) is 0. The fourth-order valence-corrected chi connectivity index (χ4v) is 3.42. The van der Waals surface area contributed by atoms with Crippen LogP contribution in [-0.4, -0.2) is 27.6 Å². The second-order valence-electron chi connectivity index (χ2n) is 7.42. The first kappa shape index (κ1) is 21.6. The minimum absolute atomic E-state index is 0.0673. The molecule has 0 saturated heterocycles. The van der Waals surface area contributed by atoms with Gasteiger partial charge in [-0.2, -0.15) is 0 Å². The average molecular weight is 350 g/mol. The van der Waals surface area contributed by atoms with Crippen LogP contribution in [0.4, 0.5) is 0 Å². The first-order chi connectivity index (χ1) is 11.9. The lowest BCUT2D eigenvalue weighted by atomic mass is 9.88. The number of unbranched alkanes of at least 4 members (excludes halogenated alkanes) is 3. The van der Waals surface area contributed by atoms with E-state index in [4.69, 9.17) is 5.11 Å². The number of aliphatic hydroxyl groups is 1. The maximum atomic E-state index is 12.1. The number of Topliss-reactive ketones (excluding diaryl/α,β-unsaturated/α-hetero) is 1. The molecule has 25 heavy (non-hydrogen) atoms. The summed E-state index contributed by atoms with van der Waals surface area (Å²) >= 11 is 0. The molecule has 142 valence electrons. The third kappa shape index (κ3) is 9.01. The van der Waals surface area contributed by atoms with Crippen molar-refractivity contribution in [2.45, 2.75) is 83.7 Å². The van der Waals surface area contributed by atoms with Gasteiger partial charge in [-0.15, -0.1) is 0 Å². The van der Waals surface area contributed by atoms with E-state index in [1.807, 2.05) is 18.2 Å². The molecule has 0 heterocycles. The van der Waals surface area contributed by atoms with Crippen LogP contribution in [0.2, 0.25) is 0 Å². The zero-order valence-electron chi connectivity index (χ0n) is 15.7. The minimum atomic E-state index is -0.862. The zero-order chi connectivity index (χ0) is 18.7. The molecule has 0 aliphatic heterocycles. The van der Waals surface area contributed by atoms with E-state index >= 15 is 0 Å². The highest BCUT2D eigenvalue weighted by molar-refractivity contribution is 5.83. The summed E-state index contributed by atoms with van der Waals surface area (Å²) in [6.45, 7) is 3.87. The van der Waals surface area contributed by atoms with E-state index in [0.717, 1.165) is 38.5 Å². The highest BCUT2D eigenvalue weighted by Gasteiger charge is 2.32. The summed E-state index contributed by atoms with van der Waals surface area (Å²) in [5.41, 5.74) is -0.862. The lowest BCUT2D eigenvalue weighted by molar-refractivity contribution is -0.137. The largest absolute Gasteiger partial charge is 0.481 e. The number of carboxylic acids is 1. The van der Waals surface area contributed by atoms with Crippen LogP contribution < -0.4 is 0 Å². The number of carbonyl (C=O) groups excluding carboxylic acids is 1. The van der Waals surface area contributed by atoms with Gasteiger partial charge in [-0.25, -0.2) is 0 Å². The van der Waals surface area contributed by atoms with Crippen LogP contribution >= 0.6 is 0 Å². The number of aliphatic carboxylic acids is 1. The Bertz CT molecular complexity index is 476. The maximum absolute atomic E-state index is 12.1. The number of rotatable bonds is 12. The summed E-state index contributed by atoms with van der Waals surface area (Å²) in [5.74, 6) is -0.103. The number of ketones is 1. The van der Waals surface area contributed by atoms with Gasteiger partial charge in [-0.1, -0.05) is 50.5 Å². The van der Waals surface area contributed by atoms with Crippen molar-refractivity contribution in [3.05, 3.63) is 24.3 Å². The third-order valence-electron chi connectivity index (χ3n) is 4.95. The van der Waals surface area contributed by atoms with Crippen molar-refractivity contribution in [2.24, 2.45) is 11.8 Å². The molecular formula is C21H34O4. The molecule has 0 amide bonds. The van der Waals surface area contributed by atoms with Crippen LogP contribution in [0.25, 0.3) is 0 Å². The molecule has 4 heteroatoms. The topological polar surface area (TPSA) is 74.6 Å². The predicted molar refractivity (Wildman–Crippen MR) is 100 cm³/mol. The SMILES string of the molecule is CC/C=C\CC(C)(O)/C=C\[C@H]1CCC(=O)[C@@H]1CCCCCCC(=O)O. The number of carbonyl (C=O) groups is 2. The van der Waals surface area contributed by atoms with E-state index in [1.54, 1.807) is 6.92 Å². The fourth-order valence-electron chi connectivity index (χ4n) is 3.42. The summed E-state index contributed by atoms with van der Waals surface area (Å²) in [5, 5.41) is 19.0. The summed E-state index contributed by atoms with van der Waals surface area (Å²) in [6, 6.07) is 0. The van der Waals surface area contributed by atoms with Crippen LogP contribution in [0, 0.1) is 11.8 Å². The Labute approximate surface area is 152 Å². The first-order valence-electron chi connectivity index (χ1n) is 9.67. The molecule has 1 rings (SSSR count). The fraction of sp³-hybridized carbons (Fsp3) is 0.714. The van der Waals surface area contributed by atoms with Crippen LogP contribution in [0.5, 0.6) is 0 Å². The molecule has 0 radical (unpaired) electrons. The highest BCUT2D eigenvalue weighted by Crippen LogP contribution is 2.34. The molecular weight excluding hydrogens is 316 g/mol. The molecule has 1 saturated carbocycles. The Morgan fingerprint density at radius 3 is 2.64 bits per heavy atom. The highest BCUT2D eigenvalue weighted by atomic mass is 16.4. The van der Waals surface area contributed by atoms with Crippen molar-refractivity contribution in [1.82, 2.24) is 0 Å². The summed E-state index contributed by atoms with van der Waals surface area (Å²) < 4.78 is 0. The van der Waals surface area contributed by atoms with E-state index in [9.17, 15) is 14.7 Å². The molecule has 0 spiro atoms. The van der Waals surface area contributed by atoms with Crippen molar-refractivity contribution < 1.29 is 19.8 Å². The first-order valence-corrected chi connectivity index (χ1v) is 9.67. The number of hydrogen-bond donors (Lipinski definition) is 2. The van der Waals surface area contributed by atoms with E-state index < -0.39 is 11.6 Å². The smallest absolute Gasteiger partial charge is 0.303 e. The van der Waals surface area contributed by atoms with Gasteiger partial charge < -0.3 is 10.2 Å². The van der Waals surface area contributed by atoms with Gasteiger partial charge in [0.15, 0.2) is 0 Å². The normalized spacial score (nSPS) is 23.6. The molecule has 0 bridgehead atoms. The van der Waals surface area contributed by atoms with Gasteiger partial charge in [0.05, 0.1) is 5.60 Å². The second kappa shape index (κ2) is 11.2. The van der Waals surface area contributed by atoms with Gasteiger partial charge in [-0.05, 0) is 44.9 Å². The van der Waals surface area contributed by atoms with Gasteiger partial charge in [-0.3, -0.25) is 9.59 Å². The Balaban J connectivity index is 2.42. The predicted octanol–water partition coefficient (Wildman–Crippen LogP) is 4.67. The minimum Gasteiger partial charge on any atom is -0.481 e. The van der Waals surface area contributed by atoms with Crippen LogP contribution in [0.15, 0.2) is 24.3 Å². The number of carboxylic acid groups (broad SMARTS) is 1.